The van der Waals surface area contributed by atoms with Gasteiger partial charge in [0.05, 0.1) is 5.52 Å². The zero-order chi connectivity index (χ0) is 26.5. The number of aromatic nitrogens is 1. The van der Waals surface area contributed by atoms with Gasteiger partial charge in [0.15, 0.2) is 0 Å². The fourth-order valence-corrected chi connectivity index (χ4v) is 7.33. The Morgan fingerprint density at radius 3 is 1.62 bits per heavy atom. The van der Waals surface area contributed by atoms with Crippen LogP contribution in [0.4, 0.5) is 0 Å². The third-order valence-electron chi connectivity index (χ3n) is 7.84. The van der Waals surface area contributed by atoms with E-state index in [1.807, 2.05) is 11.3 Å². The number of benzene rings is 6. The maximum Gasteiger partial charge on any atom is 0.0534 e. The van der Waals surface area contributed by atoms with E-state index in [1.54, 1.807) is 0 Å². The molecule has 0 saturated heterocycles. The van der Waals surface area contributed by atoms with Gasteiger partial charge in [0.1, 0.15) is 0 Å². The van der Waals surface area contributed by atoms with Crippen LogP contribution in [0.3, 0.4) is 0 Å². The monoisotopic (exact) mass is 527 g/mol. The molecule has 40 heavy (non-hydrogen) atoms. The number of rotatable bonds is 4. The molecule has 0 spiro atoms. The van der Waals surface area contributed by atoms with Gasteiger partial charge in [0.25, 0.3) is 0 Å². The molecule has 188 valence electrons. The first-order valence-corrected chi connectivity index (χ1v) is 14.4. The molecule has 0 bridgehead atoms. The van der Waals surface area contributed by atoms with Gasteiger partial charge < -0.3 is 4.57 Å². The van der Waals surface area contributed by atoms with E-state index in [9.17, 15) is 0 Å². The predicted molar refractivity (Wildman–Crippen MR) is 172 cm³/mol. The van der Waals surface area contributed by atoms with Crippen molar-refractivity contribution in [3.8, 4) is 39.1 Å². The Labute approximate surface area is 237 Å². The minimum absolute atomic E-state index is 1.17. The van der Waals surface area contributed by atoms with Crippen LogP contribution in [0.15, 0.2) is 152 Å². The Balaban J connectivity index is 1.31. The molecular formula is C38H25NS. The lowest BCUT2D eigenvalue weighted by molar-refractivity contribution is 1.13. The Morgan fingerprint density at radius 1 is 0.400 bits per heavy atom. The van der Waals surface area contributed by atoms with E-state index in [2.05, 4.69) is 156 Å². The molecule has 2 heteroatoms. The van der Waals surface area contributed by atoms with Crippen LogP contribution in [0.25, 0.3) is 70.1 Å². The van der Waals surface area contributed by atoms with Gasteiger partial charge in [-0.25, -0.2) is 0 Å². The van der Waals surface area contributed by atoms with Crippen molar-refractivity contribution in [1.82, 2.24) is 4.57 Å². The largest absolute Gasteiger partial charge is 0.316 e. The van der Waals surface area contributed by atoms with Crippen molar-refractivity contribution in [2.24, 2.45) is 0 Å². The Morgan fingerprint density at radius 2 is 0.925 bits per heavy atom. The van der Waals surface area contributed by atoms with Gasteiger partial charge >= 0.3 is 0 Å². The summed E-state index contributed by atoms with van der Waals surface area (Å²) in [6, 6.07) is 52.5. The van der Waals surface area contributed by atoms with Gasteiger partial charge in [0.2, 0.25) is 0 Å². The zero-order valence-corrected chi connectivity index (χ0v) is 22.6. The molecule has 1 nitrogen and oxygen atoms in total. The van der Waals surface area contributed by atoms with Crippen molar-refractivity contribution >= 4 is 42.4 Å². The van der Waals surface area contributed by atoms with Crippen molar-refractivity contribution in [3.05, 3.63) is 152 Å². The van der Waals surface area contributed by atoms with Crippen LogP contribution in [0.1, 0.15) is 0 Å². The number of thiophene rings is 1. The molecule has 2 aromatic heterocycles. The summed E-state index contributed by atoms with van der Waals surface area (Å²) in [5.74, 6) is 0. The molecule has 0 radical (unpaired) electrons. The van der Waals surface area contributed by atoms with Crippen LogP contribution in [0, 0.1) is 0 Å². The summed E-state index contributed by atoms with van der Waals surface area (Å²) < 4.78 is 5.01. The van der Waals surface area contributed by atoms with Crippen molar-refractivity contribution in [1.29, 1.82) is 0 Å². The zero-order valence-electron chi connectivity index (χ0n) is 21.8. The van der Waals surface area contributed by atoms with Gasteiger partial charge in [-0.1, -0.05) is 127 Å². The molecule has 6 aromatic carbocycles. The van der Waals surface area contributed by atoms with E-state index in [-0.39, 0.29) is 0 Å². The first-order valence-electron chi connectivity index (χ1n) is 13.6. The molecule has 8 aromatic rings. The van der Waals surface area contributed by atoms with Crippen molar-refractivity contribution in [3.63, 3.8) is 0 Å². The van der Waals surface area contributed by atoms with Gasteiger partial charge in [-0.3, -0.25) is 0 Å². The molecule has 0 unspecified atom stereocenters. The van der Waals surface area contributed by atoms with Crippen LogP contribution in [0.5, 0.6) is 0 Å². The second-order valence-corrected chi connectivity index (χ2v) is 11.2. The molecule has 8 rings (SSSR count). The quantitative estimate of drug-likeness (QED) is 0.214. The van der Waals surface area contributed by atoms with E-state index in [0.717, 1.165) is 0 Å². The molecule has 2 heterocycles. The number of fused-ring (bicyclic) bond motifs is 4. The topological polar surface area (TPSA) is 4.93 Å². The highest BCUT2D eigenvalue weighted by molar-refractivity contribution is 7.26. The highest BCUT2D eigenvalue weighted by Crippen LogP contribution is 2.44. The van der Waals surface area contributed by atoms with Crippen LogP contribution >= 0.6 is 11.3 Å². The molecule has 0 saturated carbocycles. The van der Waals surface area contributed by atoms with Crippen LogP contribution < -0.4 is 0 Å². The maximum absolute atomic E-state index is 2.33. The summed E-state index contributed by atoms with van der Waals surface area (Å²) in [5, 5.41) is 3.90. The number of hydrogen-bond acceptors (Lipinski definition) is 1. The Hall–Kier alpha value is -4.92. The van der Waals surface area contributed by atoms with E-state index in [0.29, 0.717) is 0 Å². The second kappa shape index (κ2) is 9.37. The van der Waals surface area contributed by atoms with Crippen molar-refractivity contribution in [2.45, 2.75) is 0 Å². The summed E-state index contributed by atoms with van der Waals surface area (Å²) in [5.41, 5.74) is 9.93. The van der Waals surface area contributed by atoms with Crippen molar-refractivity contribution < 1.29 is 0 Å². The first-order chi connectivity index (χ1) is 19.8. The van der Waals surface area contributed by atoms with Crippen LogP contribution in [0.2, 0.25) is 0 Å². The van der Waals surface area contributed by atoms with Gasteiger partial charge in [-0.2, -0.15) is 0 Å². The molecule has 0 aliphatic heterocycles. The van der Waals surface area contributed by atoms with E-state index >= 15 is 0 Å². The van der Waals surface area contributed by atoms with Crippen molar-refractivity contribution in [2.75, 3.05) is 0 Å². The molecule has 0 aliphatic rings. The first kappa shape index (κ1) is 23.0. The average molecular weight is 528 g/mol. The third-order valence-corrected chi connectivity index (χ3v) is 9.13. The van der Waals surface area contributed by atoms with Crippen LogP contribution in [-0.2, 0) is 0 Å². The summed E-state index contributed by atoms with van der Waals surface area (Å²) in [6.45, 7) is 0. The number of hydrogen-bond donors (Lipinski definition) is 0. The van der Waals surface area contributed by atoms with Gasteiger partial charge in [0, 0.05) is 43.0 Å². The van der Waals surface area contributed by atoms with E-state index < -0.39 is 0 Å². The lowest BCUT2D eigenvalue weighted by atomic mass is 10.00. The second-order valence-electron chi connectivity index (χ2n) is 10.2. The molecule has 0 fully saturated rings. The van der Waals surface area contributed by atoms with Gasteiger partial charge in [-0.05, 0) is 46.0 Å². The molecular weight excluding hydrogens is 502 g/mol. The fraction of sp³-hybridized carbons (Fsp3) is 0. The lowest BCUT2D eigenvalue weighted by Crippen LogP contribution is -1.92. The van der Waals surface area contributed by atoms with E-state index in [1.165, 1.54) is 70.1 Å². The maximum atomic E-state index is 2.33. The lowest BCUT2D eigenvalue weighted by Gasteiger charge is -2.09. The standard InChI is InChI=1S/C38H25NS/c1-3-12-26(13-4-1)30-19-10-21-33-34-22-11-20-31(38(34)40-37(30)33)28-16-9-17-29(24-28)39-25-35(27-14-5-2-6-15-27)32-18-7-8-23-36(32)39/h1-25H. The highest BCUT2D eigenvalue weighted by atomic mass is 32.1. The smallest absolute Gasteiger partial charge is 0.0534 e. The Kier molecular flexibility index (Phi) is 5.39. The third kappa shape index (κ3) is 3.69. The number of para-hydroxylation sites is 1. The summed E-state index contributed by atoms with van der Waals surface area (Å²) in [7, 11) is 0. The summed E-state index contributed by atoms with van der Waals surface area (Å²) in [4.78, 5) is 0. The Bertz CT molecular complexity index is 2150. The highest BCUT2D eigenvalue weighted by Gasteiger charge is 2.15. The molecule has 0 aliphatic carbocycles. The fourth-order valence-electron chi connectivity index (χ4n) is 5.96. The molecule has 0 atom stereocenters. The average Bonchev–Trinajstić information content (AvgIpc) is 3.61. The molecule has 0 N–H and O–H groups in total. The van der Waals surface area contributed by atoms with Crippen LogP contribution in [-0.4, -0.2) is 4.57 Å². The summed E-state index contributed by atoms with van der Waals surface area (Å²) >= 11 is 1.90. The van der Waals surface area contributed by atoms with Gasteiger partial charge in [-0.15, -0.1) is 11.3 Å². The minimum Gasteiger partial charge on any atom is -0.316 e. The summed E-state index contributed by atoms with van der Waals surface area (Å²) in [6.07, 6.45) is 2.28. The normalized spacial score (nSPS) is 11.5. The minimum atomic E-state index is 1.17. The van der Waals surface area contributed by atoms with E-state index in [4.69, 9.17) is 0 Å². The predicted octanol–water partition coefficient (Wildman–Crippen LogP) is 11.0. The molecule has 0 amide bonds. The SMILES string of the molecule is c1ccc(-c2cn(-c3cccc(-c4cccc5c4sc4c(-c6ccccc6)cccc45)c3)c3ccccc23)cc1. The number of nitrogens with zero attached hydrogens (tertiary/aromatic N) is 1.